The Morgan fingerprint density at radius 3 is 2.68 bits per heavy atom. The van der Waals surface area contributed by atoms with Crippen LogP contribution in [0.15, 0.2) is 54.7 Å². The van der Waals surface area contributed by atoms with Crippen molar-refractivity contribution in [1.29, 1.82) is 0 Å². The maximum Gasteiger partial charge on any atom is 0.321 e. The van der Waals surface area contributed by atoms with Gasteiger partial charge in [-0.05, 0) is 43.5 Å². The van der Waals surface area contributed by atoms with Crippen LogP contribution in [0, 0.1) is 5.41 Å². The van der Waals surface area contributed by atoms with Crippen molar-refractivity contribution in [2.24, 2.45) is 5.41 Å². The van der Waals surface area contributed by atoms with Gasteiger partial charge in [-0.15, -0.1) is 0 Å². The summed E-state index contributed by atoms with van der Waals surface area (Å²) in [6.45, 7) is 2.68. The van der Waals surface area contributed by atoms with Crippen molar-refractivity contribution in [3.05, 3.63) is 60.4 Å². The molecule has 6 nitrogen and oxygen atoms in total. The molecule has 3 amide bonds. The molecule has 4 rings (SSSR count). The summed E-state index contributed by atoms with van der Waals surface area (Å²) in [7, 11) is 0. The Morgan fingerprint density at radius 2 is 1.89 bits per heavy atom. The second-order valence-corrected chi connectivity index (χ2v) is 7.89. The van der Waals surface area contributed by atoms with E-state index in [0.717, 1.165) is 37.2 Å². The van der Waals surface area contributed by atoms with E-state index in [-0.39, 0.29) is 17.4 Å². The van der Waals surface area contributed by atoms with Crippen LogP contribution in [-0.4, -0.2) is 46.4 Å². The van der Waals surface area contributed by atoms with E-state index in [9.17, 15) is 9.59 Å². The Hall–Kier alpha value is -2.89. The number of benzene rings is 1. The lowest BCUT2D eigenvalue weighted by Crippen LogP contribution is -2.55. The molecule has 1 atom stereocenters. The van der Waals surface area contributed by atoms with Crippen molar-refractivity contribution in [2.75, 3.05) is 25.0 Å². The molecule has 2 aliphatic heterocycles. The summed E-state index contributed by atoms with van der Waals surface area (Å²) < 4.78 is 0. The van der Waals surface area contributed by atoms with Gasteiger partial charge < -0.3 is 15.1 Å². The number of nitrogens with one attached hydrogen (secondary N) is 1. The summed E-state index contributed by atoms with van der Waals surface area (Å²) in [5.74, 6) is 0.183. The second kappa shape index (κ2) is 8.00. The third-order valence-electron chi connectivity index (χ3n) is 5.80. The molecule has 1 N–H and O–H groups in total. The van der Waals surface area contributed by atoms with Gasteiger partial charge in [0.1, 0.15) is 0 Å². The molecule has 146 valence electrons. The molecule has 1 aromatic heterocycles. The number of carbonyl (C=O) groups excluding carboxylic acids is 2. The number of nitrogens with zero attached hydrogens (tertiary/aromatic N) is 3. The standard InChI is InChI=1S/C22H26N4O2/c27-20-10-12-22(17-26(20)15-19-9-4-5-13-23-19)11-6-14-25(16-22)21(28)24-18-7-2-1-3-8-18/h1-5,7-9,13H,6,10-12,14-17H2,(H,24,28)/t22-/m1/s1. The van der Waals surface area contributed by atoms with Crippen molar-refractivity contribution in [3.63, 3.8) is 0 Å². The van der Waals surface area contributed by atoms with Crippen molar-refractivity contribution in [3.8, 4) is 0 Å². The molecule has 2 aromatic rings. The van der Waals surface area contributed by atoms with Gasteiger partial charge in [0, 0.05) is 43.4 Å². The molecule has 1 aromatic carbocycles. The predicted octanol–water partition coefficient (Wildman–Crippen LogP) is 3.52. The van der Waals surface area contributed by atoms with Crippen LogP contribution in [-0.2, 0) is 11.3 Å². The summed E-state index contributed by atoms with van der Waals surface area (Å²) in [6, 6.07) is 15.3. The number of aromatic nitrogens is 1. The van der Waals surface area contributed by atoms with Gasteiger partial charge in [-0.1, -0.05) is 24.3 Å². The van der Waals surface area contributed by atoms with E-state index in [2.05, 4.69) is 10.3 Å². The maximum atomic E-state index is 12.8. The van der Waals surface area contributed by atoms with Crippen molar-refractivity contribution in [2.45, 2.75) is 32.2 Å². The minimum Gasteiger partial charge on any atom is -0.336 e. The van der Waals surface area contributed by atoms with Crippen LogP contribution in [0.3, 0.4) is 0 Å². The molecule has 0 aliphatic carbocycles. The van der Waals surface area contributed by atoms with Gasteiger partial charge in [0.2, 0.25) is 5.91 Å². The zero-order valence-corrected chi connectivity index (χ0v) is 16.0. The third-order valence-corrected chi connectivity index (χ3v) is 5.80. The lowest BCUT2D eigenvalue weighted by molar-refractivity contribution is -0.139. The van der Waals surface area contributed by atoms with Gasteiger partial charge in [-0.3, -0.25) is 9.78 Å². The SMILES string of the molecule is O=C1CC[C@@]2(CCCN(C(=O)Nc3ccccc3)C2)CN1Cc1ccccn1. The van der Waals surface area contributed by atoms with Gasteiger partial charge in [0.25, 0.3) is 0 Å². The molecule has 2 saturated heterocycles. The van der Waals surface area contributed by atoms with Crippen molar-refractivity contribution < 1.29 is 9.59 Å². The van der Waals surface area contributed by atoms with Crippen LogP contribution >= 0.6 is 0 Å². The van der Waals surface area contributed by atoms with E-state index in [0.29, 0.717) is 26.1 Å². The largest absolute Gasteiger partial charge is 0.336 e. The molecule has 28 heavy (non-hydrogen) atoms. The molecule has 2 aliphatic rings. The maximum absolute atomic E-state index is 12.8. The highest BCUT2D eigenvalue weighted by atomic mass is 16.2. The van der Waals surface area contributed by atoms with Gasteiger partial charge in [0.05, 0.1) is 12.2 Å². The predicted molar refractivity (Wildman–Crippen MR) is 108 cm³/mol. The minimum absolute atomic E-state index is 0.0189. The number of para-hydroxylation sites is 1. The number of rotatable bonds is 3. The normalized spacial score (nSPS) is 22.4. The number of likely N-dealkylation sites (tertiary alicyclic amines) is 2. The highest BCUT2D eigenvalue weighted by molar-refractivity contribution is 5.89. The first-order valence-corrected chi connectivity index (χ1v) is 9.92. The van der Waals surface area contributed by atoms with Crippen LogP contribution in [0.4, 0.5) is 10.5 Å². The highest BCUT2D eigenvalue weighted by Gasteiger charge is 2.42. The first kappa shape index (κ1) is 18.5. The number of piperidine rings is 2. The summed E-state index contributed by atoms with van der Waals surface area (Å²) in [5.41, 5.74) is 1.69. The lowest BCUT2D eigenvalue weighted by atomic mass is 9.73. The topological polar surface area (TPSA) is 65.5 Å². The first-order chi connectivity index (χ1) is 13.6. The van der Waals surface area contributed by atoms with E-state index in [1.54, 1.807) is 6.20 Å². The molecule has 2 fully saturated rings. The number of urea groups is 1. The second-order valence-electron chi connectivity index (χ2n) is 7.89. The van der Waals surface area contributed by atoms with E-state index in [1.807, 2.05) is 58.3 Å². The van der Waals surface area contributed by atoms with Crippen molar-refractivity contribution in [1.82, 2.24) is 14.8 Å². The van der Waals surface area contributed by atoms with Crippen LogP contribution in [0.5, 0.6) is 0 Å². The van der Waals surface area contributed by atoms with Crippen LogP contribution in [0.2, 0.25) is 0 Å². The highest BCUT2D eigenvalue weighted by Crippen LogP contribution is 2.39. The van der Waals surface area contributed by atoms with Crippen molar-refractivity contribution >= 4 is 17.6 Å². The minimum atomic E-state index is -0.0570. The first-order valence-electron chi connectivity index (χ1n) is 9.92. The molecule has 0 radical (unpaired) electrons. The molecule has 3 heterocycles. The molecule has 0 saturated carbocycles. The molecule has 0 unspecified atom stereocenters. The molecule has 6 heteroatoms. The fraction of sp³-hybridized carbons (Fsp3) is 0.409. The average Bonchev–Trinajstić information content (AvgIpc) is 2.73. The fourth-order valence-electron chi connectivity index (χ4n) is 4.37. The Bertz CT molecular complexity index is 827. The molecule has 0 bridgehead atoms. The number of amides is 3. The van der Waals surface area contributed by atoms with E-state index >= 15 is 0 Å². The number of carbonyl (C=O) groups is 2. The molecular formula is C22H26N4O2. The summed E-state index contributed by atoms with van der Waals surface area (Å²) in [5, 5.41) is 2.99. The summed E-state index contributed by atoms with van der Waals surface area (Å²) >= 11 is 0. The quantitative estimate of drug-likeness (QED) is 0.889. The Kier molecular flexibility index (Phi) is 5.28. The van der Waals surface area contributed by atoms with Gasteiger partial charge in [-0.25, -0.2) is 4.79 Å². The zero-order chi connectivity index (χ0) is 19.4. The molecule has 1 spiro atoms. The van der Waals surface area contributed by atoms with Gasteiger partial charge >= 0.3 is 6.03 Å². The van der Waals surface area contributed by atoms with Crippen LogP contribution < -0.4 is 5.32 Å². The van der Waals surface area contributed by atoms with Crippen LogP contribution in [0.1, 0.15) is 31.4 Å². The Labute approximate surface area is 165 Å². The molecular weight excluding hydrogens is 352 g/mol. The number of hydrogen-bond donors (Lipinski definition) is 1. The summed E-state index contributed by atoms with van der Waals surface area (Å²) in [6.07, 6.45) is 5.17. The third kappa shape index (κ3) is 4.16. The summed E-state index contributed by atoms with van der Waals surface area (Å²) in [4.78, 5) is 33.4. The number of anilines is 1. The Morgan fingerprint density at radius 1 is 1.07 bits per heavy atom. The average molecular weight is 378 g/mol. The number of pyridine rings is 1. The van der Waals surface area contributed by atoms with E-state index in [4.69, 9.17) is 0 Å². The Balaban J connectivity index is 1.43. The van der Waals surface area contributed by atoms with Gasteiger partial charge in [-0.2, -0.15) is 0 Å². The van der Waals surface area contributed by atoms with E-state index in [1.165, 1.54) is 0 Å². The monoisotopic (exact) mass is 378 g/mol. The van der Waals surface area contributed by atoms with E-state index < -0.39 is 0 Å². The lowest BCUT2D eigenvalue weighted by Gasteiger charge is -2.48. The fourth-order valence-corrected chi connectivity index (χ4v) is 4.37. The number of hydrogen-bond acceptors (Lipinski definition) is 3. The zero-order valence-electron chi connectivity index (χ0n) is 16.0. The van der Waals surface area contributed by atoms with Gasteiger partial charge in [0.15, 0.2) is 0 Å². The van der Waals surface area contributed by atoms with Crippen LogP contribution in [0.25, 0.3) is 0 Å². The smallest absolute Gasteiger partial charge is 0.321 e.